The standard InChI is InChI=1S/C22H23ClN2O2/c1-14(2)16-7-9-17(10-8-16)20-13-24-22(27-20)12-11-21(26)25-19-6-4-5-18(23)15(19)3/h4-10,13-14H,11-12H2,1-3H3,(H,25,26). The largest absolute Gasteiger partial charge is 0.441 e. The van der Waals surface area contributed by atoms with Crippen molar-refractivity contribution < 1.29 is 9.21 Å². The zero-order chi connectivity index (χ0) is 19.4. The molecule has 0 spiro atoms. The fourth-order valence-corrected chi connectivity index (χ4v) is 2.94. The summed E-state index contributed by atoms with van der Waals surface area (Å²) in [6, 6.07) is 13.7. The molecule has 27 heavy (non-hydrogen) atoms. The Labute approximate surface area is 164 Å². The van der Waals surface area contributed by atoms with Crippen molar-refractivity contribution in [1.29, 1.82) is 0 Å². The average Bonchev–Trinajstić information content (AvgIpc) is 3.13. The van der Waals surface area contributed by atoms with E-state index >= 15 is 0 Å². The van der Waals surface area contributed by atoms with Crippen LogP contribution in [0, 0.1) is 6.92 Å². The van der Waals surface area contributed by atoms with Crippen LogP contribution in [0.1, 0.15) is 43.2 Å². The highest BCUT2D eigenvalue weighted by Crippen LogP contribution is 2.25. The molecule has 0 unspecified atom stereocenters. The molecule has 5 heteroatoms. The first kappa shape index (κ1) is 19.2. The average molecular weight is 383 g/mol. The molecule has 0 aliphatic rings. The number of aromatic nitrogens is 1. The van der Waals surface area contributed by atoms with Gasteiger partial charge in [0.15, 0.2) is 11.7 Å². The second-order valence-corrected chi connectivity index (χ2v) is 7.26. The summed E-state index contributed by atoms with van der Waals surface area (Å²) in [5, 5.41) is 3.52. The highest BCUT2D eigenvalue weighted by molar-refractivity contribution is 6.31. The molecule has 0 bridgehead atoms. The zero-order valence-corrected chi connectivity index (χ0v) is 16.5. The Morgan fingerprint density at radius 2 is 1.93 bits per heavy atom. The molecule has 1 amide bonds. The summed E-state index contributed by atoms with van der Waals surface area (Å²) >= 11 is 6.08. The molecule has 0 saturated heterocycles. The molecule has 2 aromatic carbocycles. The maximum atomic E-state index is 12.2. The Morgan fingerprint density at radius 3 is 2.63 bits per heavy atom. The SMILES string of the molecule is Cc1c(Cl)cccc1NC(=O)CCc1ncc(-c2ccc(C(C)C)cc2)o1. The molecule has 3 rings (SSSR count). The van der Waals surface area contributed by atoms with E-state index in [2.05, 4.69) is 36.3 Å². The van der Waals surface area contributed by atoms with E-state index in [1.54, 1.807) is 12.3 Å². The van der Waals surface area contributed by atoms with E-state index in [4.69, 9.17) is 16.0 Å². The summed E-state index contributed by atoms with van der Waals surface area (Å²) in [4.78, 5) is 16.5. The van der Waals surface area contributed by atoms with Gasteiger partial charge in [0.1, 0.15) is 0 Å². The van der Waals surface area contributed by atoms with Crippen LogP contribution >= 0.6 is 11.6 Å². The second kappa shape index (κ2) is 8.40. The van der Waals surface area contributed by atoms with Gasteiger partial charge in [-0.05, 0) is 36.1 Å². The molecule has 0 fully saturated rings. The van der Waals surface area contributed by atoms with Gasteiger partial charge in [-0.2, -0.15) is 0 Å². The first-order valence-electron chi connectivity index (χ1n) is 9.04. The normalized spacial score (nSPS) is 11.0. The van der Waals surface area contributed by atoms with Crippen LogP contribution in [-0.2, 0) is 11.2 Å². The highest BCUT2D eigenvalue weighted by atomic mass is 35.5. The van der Waals surface area contributed by atoms with Gasteiger partial charge in [0.05, 0.1) is 6.20 Å². The van der Waals surface area contributed by atoms with Crippen LogP contribution in [0.4, 0.5) is 5.69 Å². The molecule has 0 aliphatic carbocycles. The van der Waals surface area contributed by atoms with E-state index in [1.807, 2.05) is 31.2 Å². The van der Waals surface area contributed by atoms with Gasteiger partial charge in [-0.1, -0.05) is 55.8 Å². The van der Waals surface area contributed by atoms with E-state index in [-0.39, 0.29) is 12.3 Å². The summed E-state index contributed by atoms with van der Waals surface area (Å²) in [7, 11) is 0. The number of carbonyl (C=O) groups excluding carboxylic acids is 1. The number of carbonyl (C=O) groups is 1. The van der Waals surface area contributed by atoms with Gasteiger partial charge in [0, 0.05) is 29.1 Å². The number of nitrogens with one attached hydrogen (secondary N) is 1. The quantitative estimate of drug-likeness (QED) is 0.569. The molecule has 1 N–H and O–H groups in total. The summed E-state index contributed by atoms with van der Waals surface area (Å²) in [6.45, 7) is 6.21. The van der Waals surface area contributed by atoms with Crippen LogP contribution in [0.2, 0.25) is 5.02 Å². The predicted molar refractivity (Wildman–Crippen MR) is 109 cm³/mol. The third kappa shape index (κ3) is 4.77. The predicted octanol–water partition coefficient (Wildman–Crippen LogP) is 6.00. The number of oxazole rings is 1. The monoisotopic (exact) mass is 382 g/mol. The zero-order valence-electron chi connectivity index (χ0n) is 15.8. The lowest BCUT2D eigenvalue weighted by Gasteiger charge is -2.08. The van der Waals surface area contributed by atoms with Crippen molar-refractivity contribution in [3.05, 3.63) is 70.7 Å². The van der Waals surface area contributed by atoms with E-state index in [1.165, 1.54) is 5.56 Å². The van der Waals surface area contributed by atoms with Gasteiger partial charge in [0.25, 0.3) is 0 Å². The van der Waals surface area contributed by atoms with Crippen molar-refractivity contribution in [2.24, 2.45) is 0 Å². The van der Waals surface area contributed by atoms with Crippen LogP contribution in [0.15, 0.2) is 53.1 Å². The second-order valence-electron chi connectivity index (χ2n) is 6.86. The van der Waals surface area contributed by atoms with Crippen molar-refractivity contribution in [2.45, 2.75) is 39.5 Å². The summed E-state index contributed by atoms with van der Waals surface area (Å²) in [5.41, 5.74) is 3.85. The third-order valence-electron chi connectivity index (χ3n) is 4.52. The van der Waals surface area contributed by atoms with Crippen molar-refractivity contribution in [3.8, 4) is 11.3 Å². The lowest BCUT2D eigenvalue weighted by atomic mass is 10.0. The van der Waals surface area contributed by atoms with Crippen LogP contribution in [0.3, 0.4) is 0 Å². The van der Waals surface area contributed by atoms with Crippen molar-refractivity contribution in [2.75, 3.05) is 5.32 Å². The van der Waals surface area contributed by atoms with Gasteiger partial charge in [0.2, 0.25) is 5.91 Å². The summed E-state index contributed by atoms with van der Waals surface area (Å²) in [5.74, 6) is 1.66. The molecule has 0 aliphatic heterocycles. The van der Waals surface area contributed by atoms with Gasteiger partial charge >= 0.3 is 0 Å². The molecule has 0 radical (unpaired) electrons. The number of nitrogens with zero attached hydrogens (tertiary/aromatic N) is 1. The number of rotatable bonds is 6. The number of hydrogen-bond donors (Lipinski definition) is 1. The smallest absolute Gasteiger partial charge is 0.224 e. The Hall–Kier alpha value is -2.59. The number of amides is 1. The van der Waals surface area contributed by atoms with Gasteiger partial charge in [-0.15, -0.1) is 0 Å². The lowest BCUT2D eigenvalue weighted by Crippen LogP contribution is -2.13. The summed E-state index contributed by atoms with van der Waals surface area (Å²) < 4.78 is 5.80. The number of hydrogen-bond acceptors (Lipinski definition) is 3. The maximum absolute atomic E-state index is 12.2. The van der Waals surface area contributed by atoms with E-state index in [0.29, 0.717) is 29.0 Å². The number of anilines is 1. The Balaban J connectivity index is 1.59. The van der Waals surface area contributed by atoms with Crippen LogP contribution in [0.5, 0.6) is 0 Å². The molecule has 4 nitrogen and oxygen atoms in total. The Bertz CT molecular complexity index is 930. The molecule has 3 aromatic rings. The van der Waals surface area contributed by atoms with E-state index in [0.717, 1.165) is 16.8 Å². The van der Waals surface area contributed by atoms with Gasteiger partial charge in [-0.3, -0.25) is 4.79 Å². The summed E-state index contributed by atoms with van der Waals surface area (Å²) in [6.07, 6.45) is 2.44. The maximum Gasteiger partial charge on any atom is 0.224 e. The van der Waals surface area contributed by atoms with Crippen molar-refractivity contribution in [3.63, 3.8) is 0 Å². The highest BCUT2D eigenvalue weighted by Gasteiger charge is 2.11. The number of benzene rings is 2. The minimum absolute atomic E-state index is 0.0959. The fourth-order valence-electron chi connectivity index (χ4n) is 2.77. The molecule has 1 aromatic heterocycles. The van der Waals surface area contributed by atoms with Crippen LogP contribution in [-0.4, -0.2) is 10.9 Å². The third-order valence-corrected chi connectivity index (χ3v) is 4.93. The van der Waals surface area contributed by atoms with Crippen molar-refractivity contribution >= 4 is 23.2 Å². The Kier molecular flexibility index (Phi) is 5.97. The van der Waals surface area contributed by atoms with Gasteiger partial charge < -0.3 is 9.73 Å². The minimum atomic E-state index is -0.0959. The molecule has 140 valence electrons. The molecule has 0 saturated carbocycles. The molecular weight excluding hydrogens is 360 g/mol. The lowest BCUT2D eigenvalue weighted by molar-refractivity contribution is -0.116. The first-order chi connectivity index (χ1) is 12.9. The van der Waals surface area contributed by atoms with E-state index < -0.39 is 0 Å². The fraction of sp³-hybridized carbons (Fsp3) is 0.273. The number of aryl methyl sites for hydroxylation is 1. The Morgan fingerprint density at radius 1 is 1.19 bits per heavy atom. The van der Waals surface area contributed by atoms with Crippen LogP contribution < -0.4 is 5.32 Å². The topological polar surface area (TPSA) is 55.1 Å². The van der Waals surface area contributed by atoms with Crippen LogP contribution in [0.25, 0.3) is 11.3 Å². The van der Waals surface area contributed by atoms with E-state index in [9.17, 15) is 4.79 Å². The molecular formula is C22H23ClN2O2. The minimum Gasteiger partial charge on any atom is -0.441 e. The number of halogens is 1. The molecule has 1 heterocycles. The van der Waals surface area contributed by atoms with Crippen molar-refractivity contribution in [1.82, 2.24) is 4.98 Å². The molecule has 0 atom stereocenters. The first-order valence-corrected chi connectivity index (χ1v) is 9.42. The van der Waals surface area contributed by atoms with Gasteiger partial charge in [-0.25, -0.2) is 4.98 Å².